The van der Waals surface area contributed by atoms with Gasteiger partial charge in [-0.1, -0.05) is 0 Å². The molecule has 108 valence electrons. The van der Waals surface area contributed by atoms with Gasteiger partial charge < -0.3 is 16.0 Å². The Kier molecular flexibility index (Phi) is 3.76. The maximum Gasteiger partial charge on any atom is 0.148 e. The molecular formula is C14H27N5. The first kappa shape index (κ1) is 14.2. The number of anilines is 2. The van der Waals surface area contributed by atoms with Crippen molar-refractivity contribution in [1.82, 2.24) is 14.7 Å². The van der Waals surface area contributed by atoms with Crippen LogP contribution < -0.4 is 11.1 Å². The van der Waals surface area contributed by atoms with E-state index in [0.29, 0.717) is 6.04 Å². The lowest BCUT2D eigenvalue weighted by Gasteiger charge is -2.47. The van der Waals surface area contributed by atoms with E-state index in [9.17, 15) is 0 Å². The first-order valence-electron chi connectivity index (χ1n) is 7.13. The Hall–Kier alpha value is -1.23. The minimum absolute atomic E-state index is 0.284. The molecule has 0 atom stereocenters. The van der Waals surface area contributed by atoms with Crippen molar-refractivity contribution in [2.24, 2.45) is 0 Å². The summed E-state index contributed by atoms with van der Waals surface area (Å²) in [6.07, 6.45) is 3.82. The number of nitrogens with two attached hydrogens (primary N) is 1. The van der Waals surface area contributed by atoms with E-state index in [1.165, 1.54) is 19.3 Å². The highest BCUT2D eigenvalue weighted by Crippen LogP contribution is 2.37. The van der Waals surface area contributed by atoms with Crippen LogP contribution in [0.4, 0.5) is 11.5 Å². The summed E-state index contributed by atoms with van der Waals surface area (Å²) in [7, 11) is 4.32. The van der Waals surface area contributed by atoms with E-state index in [0.717, 1.165) is 23.7 Å². The summed E-state index contributed by atoms with van der Waals surface area (Å²) in [5.74, 6) is 0.973. The largest absolute Gasteiger partial charge is 0.394 e. The van der Waals surface area contributed by atoms with E-state index in [-0.39, 0.29) is 5.54 Å². The van der Waals surface area contributed by atoms with E-state index in [1.807, 2.05) is 11.6 Å². The lowest BCUT2D eigenvalue weighted by atomic mass is 9.75. The zero-order valence-electron chi connectivity index (χ0n) is 12.8. The molecule has 1 aliphatic carbocycles. The summed E-state index contributed by atoms with van der Waals surface area (Å²) >= 11 is 0. The molecule has 2 rings (SSSR count). The van der Waals surface area contributed by atoms with Crippen molar-refractivity contribution in [3.8, 4) is 0 Å². The van der Waals surface area contributed by atoms with Gasteiger partial charge in [-0.2, -0.15) is 5.10 Å². The molecule has 0 aromatic carbocycles. The zero-order chi connectivity index (χ0) is 14.2. The molecule has 0 unspecified atom stereocenters. The molecule has 1 aromatic rings. The van der Waals surface area contributed by atoms with Gasteiger partial charge in [0.1, 0.15) is 5.82 Å². The number of hydrogen-bond acceptors (Lipinski definition) is 4. The summed E-state index contributed by atoms with van der Waals surface area (Å²) in [5, 5.41) is 8.06. The third-order valence-electron chi connectivity index (χ3n) is 4.44. The molecule has 0 aliphatic heterocycles. The van der Waals surface area contributed by atoms with Crippen LogP contribution in [0.3, 0.4) is 0 Å². The van der Waals surface area contributed by atoms with Crippen LogP contribution in [0.1, 0.15) is 44.8 Å². The van der Waals surface area contributed by atoms with Crippen molar-refractivity contribution >= 4 is 11.5 Å². The number of nitrogen functional groups attached to an aromatic ring is 1. The van der Waals surface area contributed by atoms with Gasteiger partial charge in [0.25, 0.3) is 0 Å². The molecule has 5 heteroatoms. The molecule has 1 saturated carbocycles. The second-order valence-corrected chi connectivity index (χ2v) is 6.21. The summed E-state index contributed by atoms with van der Waals surface area (Å²) in [6, 6.07) is 0.315. The maximum atomic E-state index is 6.15. The van der Waals surface area contributed by atoms with Gasteiger partial charge in [0.05, 0.1) is 11.4 Å². The average molecular weight is 265 g/mol. The normalized spacial score (nSPS) is 17.8. The monoisotopic (exact) mass is 265 g/mol. The summed E-state index contributed by atoms with van der Waals surface area (Å²) in [6.45, 7) is 7.15. The van der Waals surface area contributed by atoms with Crippen LogP contribution in [-0.2, 0) is 0 Å². The molecule has 0 spiro atoms. The predicted molar refractivity (Wildman–Crippen MR) is 80.5 cm³/mol. The average Bonchev–Trinajstić information content (AvgIpc) is 2.55. The number of rotatable bonds is 5. The van der Waals surface area contributed by atoms with Crippen molar-refractivity contribution in [3.63, 3.8) is 0 Å². The smallest absolute Gasteiger partial charge is 0.148 e. The number of hydrogen-bond donors (Lipinski definition) is 2. The van der Waals surface area contributed by atoms with Crippen molar-refractivity contribution in [1.29, 1.82) is 0 Å². The number of aryl methyl sites for hydroxylation is 1. The van der Waals surface area contributed by atoms with Gasteiger partial charge >= 0.3 is 0 Å². The van der Waals surface area contributed by atoms with Crippen LogP contribution in [0, 0.1) is 6.92 Å². The molecule has 0 radical (unpaired) electrons. The fourth-order valence-electron chi connectivity index (χ4n) is 2.73. The molecule has 1 aliphatic rings. The highest BCUT2D eigenvalue weighted by atomic mass is 15.4. The standard InChI is InChI=1S/C14H27N5/c1-10(2)19-13(12(15)11(3)17-19)16-9-14(18(4)5)7-6-8-14/h10,16H,6-9,15H2,1-5H3. The Morgan fingerprint density at radius 2 is 2.05 bits per heavy atom. The molecule has 3 N–H and O–H groups in total. The SMILES string of the molecule is Cc1nn(C(C)C)c(NCC2(N(C)C)CCC2)c1N. The third kappa shape index (κ3) is 2.43. The fraction of sp³-hybridized carbons (Fsp3) is 0.786. The molecule has 1 aromatic heterocycles. The number of nitrogens with zero attached hydrogens (tertiary/aromatic N) is 3. The highest BCUT2D eigenvalue weighted by molar-refractivity contribution is 5.65. The van der Waals surface area contributed by atoms with Gasteiger partial charge in [-0.25, -0.2) is 4.68 Å². The molecule has 0 amide bonds. The Morgan fingerprint density at radius 3 is 2.47 bits per heavy atom. The molecule has 0 saturated heterocycles. The number of nitrogens with one attached hydrogen (secondary N) is 1. The van der Waals surface area contributed by atoms with Crippen LogP contribution in [0.5, 0.6) is 0 Å². The predicted octanol–water partition coefficient (Wildman–Crippen LogP) is 2.25. The molecule has 0 bridgehead atoms. The van der Waals surface area contributed by atoms with Crippen LogP contribution in [0.15, 0.2) is 0 Å². The van der Waals surface area contributed by atoms with Crippen LogP contribution in [0.2, 0.25) is 0 Å². The van der Waals surface area contributed by atoms with Gasteiger partial charge in [0.2, 0.25) is 0 Å². The maximum absolute atomic E-state index is 6.15. The van der Waals surface area contributed by atoms with Crippen LogP contribution in [-0.4, -0.2) is 40.9 Å². The van der Waals surface area contributed by atoms with Crippen LogP contribution in [0.25, 0.3) is 0 Å². The second-order valence-electron chi connectivity index (χ2n) is 6.21. The van der Waals surface area contributed by atoms with Gasteiger partial charge in [-0.15, -0.1) is 0 Å². The second kappa shape index (κ2) is 5.04. The molecule has 1 fully saturated rings. The Balaban J connectivity index is 2.15. The topological polar surface area (TPSA) is 59.1 Å². The fourth-order valence-corrected chi connectivity index (χ4v) is 2.73. The van der Waals surface area contributed by atoms with E-state index in [2.05, 4.69) is 43.3 Å². The van der Waals surface area contributed by atoms with E-state index < -0.39 is 0 Å². The first-order valence-corrected chi connectivity index (χ1v) is 7.13. The van der Waals surface area contributed by atoms with Crippen molar-refractivity contribution in [3.05, 3.63) is 5.69 Å². The van der Waals surface area contributed by atoms with Crippen LogP contribution >= 0.6 is 0 Å². The van der Waals surface area contributed by atoms with E-state index in [4.69, 9.17) is 5.73 Å². The van der Waals surface area contributed by atoms with Gasteiger partial charge in [0.15, 0.2) is 0 Å². The van der Waals surface area contributed by atoms with Crippen molar-refractivity contribution in [2.75, 3.05) is 31.7 Å². The highest BCUT2D eigenvalue weighted by Gasteiger charge is 2.39. The van der Waals surface area contributed by atoms with E-state index >= 15 is 0 Å². The zero-order valence-corrected chi connectivity index (χ0v) is 12.8. The van der Waals surface area contributed by atoms with E-state index in [1.54, 1.807) is 0 Å². The minimum Gasteiger partial charge on any atom is -0.394 e. The quantitative estimate of drug-likeness (QED) is 0.857. The number of likely N-dealkylation sites (N-methyl/N-ethyl adjacent to an activating group) is 1. The first-order chi connectivity index (χ1) is 8.87. The lowest BCUT2D eigenvalue weighted by molar-refractivity contribution is 0.0737. The van der Waals surface area contributed by atoms with Gasteiger partial charge in [-0.3, -0.25) is 0 Å². The lowest BCUT2D eigenvalue weighted by Crippen LogP contribution is -2.54. The molecular weight excluding hydrogens is 238 g/mol. The Labute approximate surface area is 116 Å². The molecule has 5 nitrogen and oxygen atoms in total. The summed E-state index contributed by atoms with van der Waals surface area (Å²) in [4.78, 5) is 2.34. The van der Waals surface area contributed by atoms with Crippen molar-refractivity contribution in [2.45, 2.75) is 51.6 Å². The Bertz CT molecular complexity index is 443. The summed E-state index contributed by atoms with van der Waals surface area (Å²) in [5.41, 5.74) is 8.12. The van der Waals surface area contributed by atoms with Gasteiger partial charge in [-0.05, 0) is 54.1 Å². The molecule has 19 heavy (non-hydrogen) atoms. The Morgan fingerprint density at radius 1 is 1.42 bits per heavy atom. The summed E-state index contributed by atoms with van der Waals surface area (Å²) < 4.78 is 1.99. The van der Waals surface area contributed by atoms with Gasteiger partial charge in [0, 0.05) is 18.1 Å². The van der Waals surface area contributed by atoms with Crippen molar-refractivity contribution < 1.29 is 0 Å². The number of aromatic nitrogens is 2. The minimum atomic E-state index is 0.284. The molecule has 1 heterocycles. The third-order valence-corrected chi connectivity index (χ3v) is 4.44.